The van der Waals surface area contributed by atoms with Crippen molar-refractivity contribution in [1.82, 2.24) is 10.3 Å². The van der Waals surface area contributed by atoms with Crippen LogP contribution in [0, 0.1) is 0 Å². The number of rotatable bonds is 6. The molecule has 0 saturated carbocycles. The van der Waals surface area contributed by atoms with Crippen LogP contribution in [0.4, 0.5) is 0 Å². The molecule has 0 radical (unpaired) electrons. The van der Waals surface area contributed by atoms with Crippen molar-refractivity contribution < 1.29 is 0 Å². The first-order chi connectivity index (χ1) is 10.1. The van der Waals surface area contributed by atoms with Crippen LogP contribution in [0.15, 0.2) is 24.3 Å². The zero-order chi connectivity index (χ0) is 15.3. The molecule has 1 aromatic rings. The van der Waals surface area contributed by atoms with Crippen LogP contribution < -0.4 is 11.3 Å². The van der Waals surface area contributed by atoms with Crippen LogP contribution in [0.2, 0.25) is 5.02 Å². The molecule has 2 unspecified atom stereocenters. The smallest absolute Gasteiger partial charge is 0.0438 e. The van der Waals surface area contributed by atoms with Crippen LogP contribution in [0.5, 0.6) is 0 Å². The van der Waals surface area contributed by atoms with Gasteiger partial charge in [0.15, 0.2) is 0 Å². The molecular weight excluding hydrogens is 282 g/mol. The van der Waals surface area contributed by atoms with E-state index in [4.69, 9.17) is 17.4 Å². The fraction of sp³-hybridized carbons (Fsp3) is 0.647. The number of benzene rings is 1. The highest BCUT2D eigenvalue weighted by atomic mass is 35.5. The first-order valence-electron chi connectivity index (χ1n) is 8.06. The third-order valence-corrected chi connectivity index (χ3v) is 5.50. The summed E-state index contributed by atoms with van der Waals surface area (Å²) < 4.78 is 0. The molecule has 0 spiro atoms. The molecule has 118 valence electrons. The normalized spacial score (nSPS) is 21.0. The lowest BCUT2D eigenvalue weighted by molar-refractivity contribution is 0.0429. The average Bonchev–Trinajstić information content (AvgIpc) is 2.54. The predicted molar refractivity (Wildman–Crippen MR) is 90.4 cm³/mol. The zero-order valence-corrected chi connectivity index (χ0v) is 14.0. The summed E-state index contributed by atoms with van der Waals surface area (Å²) in [6.45, 7) is 6.93. The van der Waals surface area contributed by atoms with Crippen molar-refractivity contribution in [3.8, 4) is 0 Å². The van der Waals surface area contributed by atoms with E-state index in [1.54, 1.807) is 0 Å². The molecule has 1 fully saturated rings. The fourth-order valence-electron chi connectivity index (χ4n) is 3.44. The lowest BCUT2D eigenvalue weighted by Gasteiger charge is -2.48. The van der Waals surface area contributed by atoms with E-state index in [9.17, 15) is 0 Å². The first-order valence-corrected chi connectivity index (χ1v) is 8.44. The number of nitrogens with zero attached hydrogens (tertiary/aromatic N) is 1. The Kier molecular flexibility index (Phi) is 6.06. The van der Waals surface area contributed by atoms with E-state index in [-0.39, 0.29) is 11.6 Å². The number of halogens is 1. The molecule has 1 aliphatic rings. The van der Waals surface area contributed by atoms with E-state index in [2.05, 4.69) is 30.2 Å². The molecule has 1 aromatic carbocycles. The molecule has 3 N–H and O–H groups in total. The van der Waals surface area contributed by atoms with Gasteiger partial charge in [-0.3, -0.25) is 16.2 Å². The lowest BCUT2D eigenvalue weighted by atomic mass is 9.82. The van der Waals surface area contributed by atoms with Crippen molar-refractivity contribution >= 4 is 11.6 Å². The summed E-state index contributed by atoms with van der Waals surface area (Å²) in [5.74, 6) is 5.92. The molecule has 1 heterocycles. The molecule has 2 rings (SSSR count). The van der Waals surface area contributed by atoms with E-state index < -0.39 is 0 Å². The minimum absolute atomic E-state index is 0.0638. The van der Waals surface area contributed by atoms with Crippen molar-refractivity contribution in [1.29, 1.82) is 0 Å². The second-order valence-corrected chi connectivity index (χ2v) is 6.68. The second-order valence-electron chi connectivity index (χ2n) is 6.27. The first kappa shape index (κ1) is 16.8. The Bertz CT molecular complexity index is 445. The van der Waals surface area contributed by atoms with Gasteiger partial charge < -0.3 is 0 Å². The monoisotopic (exact) mass is 309 g/mol. The van der Waals surface area contributed by atoms with Gasteiger partial charge in [0.05, 0.1) is 0 Å². The molecule has 21 heavy (non-hydrogen) atoms. The van der Waals surface area contributed by atoms with Crippen LogP contribution >= 0.6 is 11.6 Å². The van der Waals surface area contributed by atoms with Crippen molar-refractivity contribution in [2.24, 2.45) is 5.84 Å². The van der Waals surface area contributed by atoms with E-state index >= 15 is 0 Å². The van der Waals surface area contributed by atoms with Crippen molar-refractivity contribution in [2.45, 2.75) is 57.5 Å². The number of hydrogen-bond acceptors (Lipinski definition) is 3. The molecule has 1 aliphatic heterocycles. The topological polar surface area (TPSA) is 41.3 Å². The molecular formula is C17H28ClN3. The standard InChI is InChI=1S/C17H28ClN3/c1-3-17(2,21-11-7-4-8-12-21)16(20-19)13-14-9-5-6-10-15(14)18/h5-6,9-10,16,20H,3-4,7-8,11-13,19H2,1-2H3. The minimum Gasteiger partial charge on any atom is -0.296 e. The zero-order valence-electron chi connectivity index (χ0n) is 13.2. The summed E-state index contributed by atoms with van der Waals surface area (Å²) in [5.41, 5.74) is 4.30. The maximum Gasteiger partial charge on any atom is 0.0438 e. The predicted octanol–water partition coefficient (Wildman–Crippen LogP) is 3.37. The van der Waals surface area contributed by atoms with Crippen LogP contribution in [0.25, 0.3) is 0 Å². The summed E-state index contributed by atoms with van der Waals surface area (Å²) in [6, 6.07) is 8.26. The van der Waals surface area contributed by atoms with E-state index in [0.717, 1.165) is 17.9 Å². The summed E-state index contributed by atoms with van der Waals surface area (Å²) in [7, 11) is 0. The Labute approximate surface area is 133 Å². The average molecular weight is 310 g/mol. The van der Waals surface area contributed by atoms with E-state index in [1.807, 2.05) is 18.2 Å². The van der Waals surface area contributed by atoms with Crippen molar-refractivity contribution in [2.75, 3.05) is 13.1 Å². The number of hydrazine groups is 1. The molecule has 4 heteroatoms. The summed E-state index contributed by atoms with van der Waals surface area (Å²) >= 11 is 6.32. The number of likely N-dealkylation sites (tertiary alicyclic amines) is 1. The van der Waals surface area contributed by atoms with Gasteiger partial charge in [-0.25, -0.2) is 0 Å². The molecule has 0 aromatic heterocycles. The van der Waals surface area contributed by atoms with Gasteiger partial charge in [-0.2, -0.15) is 0 Å². The minimum atomic E-state index is 0.0638. The third-order valence-electron chi connectivity index (χ3n) is 5.13. The number of hydrogen-bond donors (Lipinski definition) is 2. The van der Waals surface area contributed by atoms with Crippen LogP contribution in [-0.4, -0.2) is 29.6 Å². The Morgan fingerprint density at radius 2 is 1.95 bits per heavy atom. The Morgan fingerprint density at radius 1 is 1.29 bits per heavy atom. The molecule has 0 aliphatic carbocycles. The fourth-order valence-corrected chi connectivity index (χ4v) is 3.65. The maximum absolute atomic E-state index is 6.32. The quantitative estimate of drug-likeness (QED) is 0.625. The van der Waals surface area contributed by atoms with E-state index in [0.29, 0.717) is 0 Å². The van der Waals surface area contributed by atoms with Gasteiger partial charge in [0.2, 0.25) is 0 Å². The summed E-state index contributed by atoms with van der Waals surface area (Å²) in [6.07, 6.45) is 5.86. The number of piperidine rings is 1. The largest absolute Gasteiger partial charge is 0.296 e. The number of nitrogens with two attached hydrogens (primary N) is 1. The highest BCUT2D eigenvalue weighted by Crippen LogP contribution is 2.30. The molecule has 2 atom stereocenters. The third kappa shape index (κ3) is 3.78. The molecule has 0 amide bonds. The highest BCUT2D eigenvalue weighted by Gasteiger charge is 2.38. The molecule has 3 nitrogen and oxygen atoms in total. The molecule has 0 bridgehead atoms. The van der Waals surface area contributed by atoms with Gasteiger partial charge in [0.1, 0.15) is 0 Å². The highest BCUT2D eigenvalue weighted by molar-refractivity contribution is 6.31. The number of nitrogens with one attached hydrogen (secondary N) is 1. The molecule has 1 saturated heterocycles. The van der Waals surface area contributed by atoms with Crippen molar-refractivity contribution in [3.63, 3.8) is 0 Å². The van der Waals surface area contributed by atoms with Gasteiger partial charge in [0, 0.05) is 16.6 Å². The van der Waals surface area contributed by atoms with E-state index in [1.165, 1.54) is 37.9 Å². The Hall–Kier alpha value is -0.610. The van der Waals surface area contributed by atoms with Crippen LogP contribution in [0.1, 0.15) is 45.1 Å². The Morgan fingerprint density at radius 3 is 2.52 bits per heavy atom. The van der Waals surface area contributed by atoms with Crippen molar-refractivity contribution in [3.05, 3.63) is 34.9 Å². The Balaban J connectivity index is 2.18. The summed E-state index contributed by atoms with van der Waals surface area (Å²) in [4.78, 5) is 2.61. The second kappa shape index (κ2) is 7.59. The van der Waals surface area contributed by atoms with Gasteiger partial charge in [-0.1, -0.05) is 43.1 Å². The lowest BCUT2D eigenvalue weighted by Crippen LogP contribution is -2.62. The SMILES string of the molecule is CCC(C)(C(Cc1ccccc1Cl)NN)N1CCCCC1. The van der Waals surface area contributed by atoms with Crippen LogP contribution in [0.3, 0.4) is 0 Å². The van der Waals surface area contributed by atoms with Gasteiger partial charge in [-0.15, -0.1) is 0 Å². The maximum atomic E-state index is 6.32. The van der Waals surface area contributed by atoms with Gasteiger partial charge in [0.25, 0.3) is 0 Å². The summed E-state index contributed by atoms with van der Waals surface area (Å²) in [5, 5.41) is 0.829. The van der Waals surface area contributed by atoms with Gasteiger partial charge >= 0.3 is 0 Å². The van der Waals surface area contributed by atoms with Gasteiger partial charge in [-0.05, 0) is 57.3 Å². The van der Waals surface area contributed by atoms with Crippen LogP contribution in [-0.2, 0) is 6.42 Å².